The van der Waals surface area contributed by atoms with Crippen molar-refractivity contribution in [1.29, 1.82) is 0 Å². The van der Waals surface area contributed by atoms with Crippen molar-refractivity contribution in [3.05, 3.63) is 0 Å². The predicted octanol–water partition coefficient (Wildman–Crippen LogP) is -0.100. The van der Waals surface area contributed by atoms with E-state index in [2.05, 4.69) is 4.74 Å². The van der Waals surface area contributed by atoms with E-state index in [9.17, 15) is 0 Å². The molecule has 0 bridgehead atoms. The van der Waals surface area contributed by atoms with Gasteiger partial charge in [0.1, 0.15) is 0 Å². The Morgan fingerprint density at radius 2 is 2.00 bits per heavy atom. The molecular formula is C2H3ClO2. The van der Waals surface area contributed by atoms with Crippen LogP contribution in [-0.4, -0.2) is 17.0 Å². The lowest BCUT2D eigenvalue weighted by molar-refractivity contribution is 0.156. The fourth-order valence-electron chi connectivity index (χ4n) is 0.0878. The van der Waals surface area contributed by atoms with Gasteiger partial charge in [0.2, 0.25) is 0 Å². The first-order valence-electron chi connectivity index (χ1n) is 1.28. The van der Waals surface area contributed by atoms with Crippen molar-refractivity contribution in [1.82, 2.24) is 0 Å². The van der Waals surface area contributed by atoms with Crippen molar-refractivity contribution >= 4 is 11.6 Å². The zero-order valence-corrected chi connectivity index (χ0v) is 3.14. The molecule has 5 heavy (non-hydrogen) atoms. The van der Waals surface area contributed by atoms with Crippen LogP contribution in [0.2, 0.25) is 0 Å². The number of epoxide rings is 1. The minimum atomic E-state index is -0.684. The highest BCUT2D eigenvalue weighted by Gasteiger charge is 2.34. The first-order chi connectivity index (χ1) is 2.30. The third kappa shape index (κ3) is 0.533. The van der Waals surface area contributed by atoms with Crippen molar-refractivity contribution in [2.75, 3.05) is 0 Å². The maximum absolute atomic E-state index is 8.08. The van der Waals surface area contributed by atoms with E-state index in [0.29, 0.717) is 0 Å². The third-order valence-electron chi connectivity index (χ3n) is 0.417. The number of alkyl halides is 1. The van der Waals surface area contributed by atoms with E-state index in [1.54, 1.807) is 0 Å². The van der Waals surface area contributed by atoms with Gasteiger partial charge in [-0.05, 0) is 0 Å². The molecule has 1 saturated heterocycles. The van der Waals surface area contributed by atoms with E-state index in [1.165, 1.54) is 0 Å². The molecule has 1 N–H and O–H groups in total. The summed E-state index contributed by atoms with van der Waals surface area (Å²) in [4.78, 5) is 0. The molecule has 0 amide bonds. The Hall–Kier alpha value is 0.210. The molecule has 1 aliphatic rings. The van der Waals surface area contributed by atoms with Gasteiger partial charge in [0.15, 0.2) is 11.9 Å². The highest BCUT2D eigenvalue weighted by Crippen LogP contribution is 2.21. The van der Waals surface area contributed by atoms with Gasteiger partial charge in [0.05, 0.1) is 0 Å². The molecule has 0 aliphatic carbocycles. The Morgan fingerprint density at radius 1 is 1.80 bits per heavy atom. The molecule has 1 fully saturated rings. The van der Waals surface area contributed by atoms with Crippen LogP contribution in [0.3, 0.4) is 0 Å². The summed E-state index contributed by atoms with van der Waals surface area (Å²) in [7, 11) is 0. The fraction of sp³-hybridized carbons (Fsp3) is 1.00. The highest BCUT2D eigenvalue weighted by molar-refractivity contribution is 6.21. The zero-order chi connectivity index (χ0) is 3.86. The van der Waals surface area contributed by atoms with Gasteiger partial charge in [-0.2, -0.15) is 0 Å². The molecule has 0 aromatic heterocycles. The van der Waals surface area contributed by atoms with Crippen LogP contribution in [0, 0.1) is 0 Å². The third-order valence-corrected chi connectivity index (χ3v) is 0.735. The maximum atomic E-state index is 8.08. The normalized spacial score (nSPS) is 49.2. The Balaban J connectivity index is 2.20. The molecule has 0 saturated carbocycles. The van der Waals surface area contributed by atoms with E-state index in [0.717, 1.165) is 0 Å². The van der Waals surface area contributed by atoms with Crippen LogP contribution in [0.4, 0.5) is 0 Å². The first kappa shape index (κ1) is 3.40. The van der Waals surface area contributed by atoms with Crippen LogP contribution in [0.25, 0.3) is 0 Å². The summed E-state index contributed by atoms with van der Waals surface area (Å²) < 4.78 is 4.24. The van der Waals surface area contributed by atoms with E-state index in [1.807, 2.05) is 0 Å². The standard InChI is InChI=1S/C2H3ClO2/c3-1-2(4)5-1/h1-2,4H. The molecule has 2 unspecified atom stereocenters. The number of hydrogen-bond donors (Lipinski definition) is 1. The number of halogens is 1. The summed E-state index contributed by atoms with van der Waals surface area (Å²) in [6.07, 6.45) is -0.684. The summed E-state index contributed by atoms with van der Waals surface area (Å²) in [5, 5.41) is 8.08. The second kappa shape index (κ2) is 0.834. The van der Waals surface area contributed by atoms with Crippen LogP contribution in [0.5, 0.6) is 0 Å². The van der Waals surface area contributed by atoms with Gasteiger partial charge >= 0.3 is 0 Å². The number of rotatable bonds is 0. The monoisotopic (exact) mass is 94.0 g/mol. The molecule has 30 valence electrons. The summed E-state index contributed by atoms with van der Waals surface area (Å²) in [6, 6.07) is 0. The minimum Gasteiger partial charge on any atom is -0.365 e. The number of hydrogen-bond acceptors (Lipinski definition) is 2. The topological polar surface area (TPSA) is 32.8 Å². The van der Waals surface area contributed by atoms with Crippen molar-refractivity contribution < 1.29 is 9.84 Å². The van der Waals surface area contributed by atoms with Gasteiger partial charge in [-0.1, -0.05) is 11.6 Å². The van der Waals surface area contributed by atoms with Crippen molar-refractivity contribution in [3.8, 4) is 0 Å². The molecule has 0 radical (unpaired) electrons. The molecule has 0 aromatic carbocycles. The molecule has 0 spiro atoms. The summed E-state index contributed by atoms with van der Waals surface area (Å²) >= 11 is 5.06. The zero-order valence-electron chi connectivity index (χ0n) is 2.39. The molecule has 3 heteroatoms. The molecule has 0 aromatic rings. The van der Waals surface area contributed by atoms with Crippen LogP contribution >= 0.6 is 11.6 Å². The first-order valence-corrected chi connectivity index (χ1v) is 1.72. The largest absolute Gasteiger partial charge is 0.365 e. The molecule has 2 atom stereocenters. The van der Waals surface area contributed by atoms with Crippen LogP contribution < -0.4 is 0 Å². The number of aliphatic hydroxyl groups is 1. The molecule has 1 aliphatic heterocycles. The molecule has 1 heterocycles. The van der Waals surface area contributed by atoms with E-state index >= 15 is 0 Å². The Morgan fingerprint density at radius 3 is 2.00 bits per heavy atom. The van der Waals surface area contributed by atoms with Gasteiger partial charge in [-0.3, -0.25) is 0 Å². The lowest BCUT2D eigenvalue weighted by atomic mass is 10.9. The molecular weight excluding hydrogens is 91.5 g/mol. The van der Waals surface area contributed by atoms with E-state index < -0.39 is 11.9 Å². The summed E-state index contributed by atoms with van der Waals surface area (Å²) in [5.41, 5.74) is -0.421. The average molecular weight is 94.5 g/mol. The van der Waals surface area contributed by atoms with Gasteiger partial charge in [0.25, 0.3) is 0 Å². The minimum absolute atomic E-state index is 0.421. The summed E-state index contributed by atoms with van der Waals surface area (Å²) in [5.74, 6) is 0. The maximum Gasteiger partial charge on any atom is 0.197 e. The van der Waals surface area contributed by atoms with Crippen LogP contribution in [0.1, 0.15) is 0 Å². The van der Waals surface area contributed by atoms with E-state index in [4.69, 9.17) is 16.7 Å². The van der Waals surface area contributed by atoms with Crippen LogP contribution in [0.15, 0.2) is 0 Å². The molecule has 1 rings (SSSR count). The Kier molecular flexibility index (Phi) is 0.568. The lowest BCUT2D eigenvalue weighted by Gasteiger charge is -1.57. The summed E-state index contributed by atoms with van der Waals surface area (Å²) in [6.45, 7) is 0. The molecule has 2 nitrogen and oxygen atoms in total. The lowest BCUT2D eigenvalue weighted by Crippen LogP contribution is -1.77. The number of ether oxygens (including phenoxy) is 1. The van der Waals surface area contributed by atoms with Crippen LogP contribution in [-0.2, 0) is 4.74 Å². The quantitative estimate of drug-likeness (QED) is 0.336. The second-order valence-electron chi connectivity index (χ2n) is 0.878. The van der Waals surface area contributed by atoms with Gasteiger partial charge < -0.3 is 9.84 Å². The Labute approximate surface area is 34.3 Å². The van der Waals surface area contributed by atoms with E-state index in [-0.39, 0.29) is 0 Å². The van der Waals surface area contributed by atoms with Crippen molar-refractivity contribution in [2.24, 2.45) is 0 Å². The highest BCUT2D eigenvalue weighted by atomic mass is 35.5. The van der Waals surface area contributed by atoms with Crippen molar-refractivity contribution in [2.45, 2.75) is 11.9 Å². The SMILES string of the molecule is OC1OC1Cl. The predicted molar refractivity (Wildman–Crippen MR) is 16.7 cm³/mol. The van der Waals surface area contributed by atoms with Crippen molar-refractivity contribution in [3.63, 3.8) is 0 Å². The second-order valence-corrected chi connectivity index (χ2v) is 1.31. The van der Waals surface area contributed by atoms with Gasteiger partial charge in [-0.15, -0.1) is 0 Å². The van der Waals surface area contributed by atoms with Gasteiger partial charge in [-0.25, -0.2) is 0 Å². The number of aliphatic hydroxyl groups excluding tert-OH is 1. The smallest absolute Gasteiger partial charge is 0.197 e. The Bertz CT molecular complexity index is 40.9. The van der Waals surface area contributed by atoms with Gasteiger partial charge in [0, 0.05) is 0 Å². The fourth-order valence-corrected chi connectivity index (χ4v) is 0.193. The average Bonchev–Trinajstić information content (AvgIpc) is 1.79.